The Morgan fingerprint density at radius 2 is 2.00 bits per heavy atom. The third-order valence-electron chi connectivity index (χ3n) is 2.79. The first-order valence-electron chi connectivity index (χ1n) is 6.33. The summed E-state index contributed by atoms with van der Waals surface area (Å²) in [4.78, 5) is 11.3. The molecule has 2 N–H and O–H groups in total. The molecule has 1 aromatic carbocycles. The monoisotopic (exact) mass is 310 g/mol. The second-order valence-electron chi connectivity index (χ2n) is 4.26. The van der Waals surface area contributed by atoms with Gasteiger partial charge in [-0.15, -0.1) is 12.4 Å². The van der Waals surface area contributed by atoms with Gasteiger partial charge in [-0.2, -0.15) is 5.10 Å². The van der Waals surface area contributed by atoms with E-state index in [1.54, 1.807) is 18.8 Å². The molecule has 1 amide bonds. The molecular formula is C14H19ClN4O2. The molecule has 7 heteroatoms. The van der Waals surface area contributed by atoms with Crippen LogP contribution < -0.4 is 15.4 Å². The van der Waals surface area contributed by atoms with Crippen molar-refractivity contribution in [3.8, 4) is 11.4 Å². The van der Waals surface area contributed by atoms with Gasteiger partial charge in [0.15, 0.2) is 0 Å². The predicted molar refractivity (Wildman–Crippen MR) is 83.1 cm³/mol. The number of carbonyl (C=O) groups is 1. The number of ether oxygens (including phenoxy) is 1. The van der Waals surface area contributed by atoms with E-state index in [0.29, 0.717) is 13.1 Å². The molecule has 21 heavy (non-hydrogen) atoms. The molecule has 0 radical (unpaired) electrons. The van der Waals surface area contributed by atoms with Crippen LogP contribution in [0.1, 0.15) is 5.69 Å². The van der Waals surface area contributed by atoms with E-state index in [2.05, 4.69) is 15.7 Å². The summed E-state index contributed by atoms with van der Waals surface area (Å²) in [7, 11) is 3.37. The number of halogens is 1. The van der Waals surface area contributed by atoms with Crippen LogP contribution in [-0.2, 0) is 11.3 Å². The van der Waals surface area contributed by atoms with Gasteiger partial charge in [0.1, 0.15) is 5.75 Å². The topological polar surface area (TPSA) is 68.2 Å². The molecule has 0 atom stereocenters. The normalized spacial score (nSPS) is 9.81. The van der Waals surface area contributed by atoms with Gasteiger partial charge in [0, 0.05) is 6.20 Å². The molecule has 6 nitrogen and oxygen atoms in total. The van der Waals surface area contributed by atoms with Crippen molar-refractivity contribution in [3.05, 3.63) is 42.2 Å². The van der Waals surface area contributed by atoms with E-state index in [0.717, 1.165) is 17.1 Å². The zero-order valence-corrected chi connectivity index (χ0v) is 12.8. The maximum absolute atomic E-state index is 11.3. The molecule has 0 unspecified atom stereocenters. The number of methoxy groups -OCH3 is 1. The maximum Gasteiger partial charge on any atom is 0.234 e. The largest absolute Gasteiger partial charge is 0.497 e. The highest BCUT2D eigenvalue weighted by Crippen LogP contribution is 2.14. The number of likely N-dealkylation sites (N-methyl/N-ethyl adjacent to an activating group) is 1. The number of amides is 1. The molecule has 2 aromatic rings. The van der Waals surface area contributed by atoms with Crippen molar-refractivity contribution < 1.29 is 9.53 Å². The fraction of sp³-hybridized carbons (Fsp3) is 0.286. The Bertz CT molecular complexity index is 569. The molecule has 1 heterocycles. The third-order valence-corrected chi connectivity index (χ3v) is 2.79. The number of hydrogen-bond donors (Lipinski definition) is 2. The second kappa shape index (κ2) is 8.28. The van der Waals surface area contributed by atoms with E-state index in [4.69, 9.17) is 4.74 Å². The van der Waals surface area contributed by atoms with Crippen molar-refractivity contribution in [1.82, 2.24) is 20.4 Å². The first-order chi connectivity index (χ1) is 9.72. The number of rotatable bonds is 6. The SMILES string of the molecule is CNCC(=O)NCc1ccn(-c2ccc(OC)cc2)n1.Cl. The van der Waals surface area contributed by atoms with Crippen molar-refractivity contribution in [1.29, 1.82) is 0 Å². The lowest BCUT2D eigenvalue weighted by molar-refractivity contribution is -0.120. The van der Waals surface area contributed by atoms with Crippen LogP contribution in [0, 0.1) is 0 Å². The Morgan fingerprint density at radius 3 is 2.62 bits per heavy atom. The zero-order chi connectivity index (χ0) is 14.4. The summed E-state index contributed by atoms with van der Waals surface area (Å²) >= 11 is 0. The highest BCUT2D eigenvalue weighted by atomic mass is 35.5. The van der Waals surface area contributed by atoms with Crippen LogP contribution in [0.2, 0.25) is 0 Å². The van der Waals surface area contributed by atoms with Crippen LogP contribution in [0.4, 0.5) is 0 Å². The fourth-order valence-corrected chi connectivity index (χ4v) is 1.75. The number of hydrogen-bond acceptors (Lipinski definition) is 4. The zero-order valence-electron chi connectivity index (χ0n) is 12.0. The van der Waals surface area contributed by atoms with E-state index in [1.807, 2.05) is 36.5 Å². The van der Waals surface area contributed by atoms with Gasteiger partial charge in [0.2, 0.25) is 5.91 Å². The number of aromatic nitrogens is 2. The number of nitrogens with one attached hydrogen (secondary N) is 2. The van der Waals surface area contributed by atoms with Crippen LogP contribution in [-0.4, -0.2) is 36.4 Å². The Labute approximate surface area is 129 Å². The van der Waals surface area contributed by atoms with Crippen LogP contribution in [0.3, 0.4) is 0 Å². The van der Waals surface area contributed by atoms with Gasteiger partial charge in [-0.05, 0) is 37.4 Å². The molecule has 0 saturated heterocycles. The molecule has 0 bridgehead atoms. The summed E-state index contributed by atoms with van der Waals surface area (Å²) in [5.74, 6) is 0.756. The standard InChI is InChI=1S/C14H18N4O2.ClH/c1-15-10-14(19)16-9-11-7-8-18(17-11)12-3-5-13(20-2)6-4-12;/h3-8,15H,9-10H2,1-2H3,(H,16,19);1H. The van der Waals surface area contributed by atoms with Gasteiger partial charge in [0.05, 0.1) is 31.6 Å². The maximum atomic E-state index is 11.3. The minimum atomic E-state index is -0.0495. The molecule has 0 fully saturated rings. The molecule has 0 spiro atoms. The van der Waals surface area contributed by atoms with Crippen LogP contribution in [0.15, 0.2) is 36.5 Å². The van der Waals surface area contributed by atoms with Crippen LogP contribution in [0.5, 0.6) is 5.75 Å². The Morgan fingerprint density at radius 1 is 1.29 bits per heavy atom. The third kappa shape index (κ3) is 4.77. The summed E-state index contributed by atoms with van der Waals surface area (Å²) < 4.78 is 6.88. The van der Waals surface area contributed by atoms with Gasteiger partial charge in [-0.3, -0.25) is 4.79 Å². The summed E-state index contributed by atoms with van der Waals surface area (Å²) in [6.07, 6.45) is 1.86. The van der Waals surface area contributed by atoms with E-state index in [-0.39, 0.29) is 18.3 Å². The summed E-state index contributed by atoms with van der Waals surface area (Å²) in [6, 6.07) is 9.49. The highest BCUT2D eigenvalue weighted by molar-refractivity contribution is 5.85. The molecule has 0 aliphatic carbocycles. The molecule has 114 valence electrons. The first kappa shape index (κ1) is 17.0. The van der Waals surface area contributed by atoms with E-state index >= 15 is 0 Å². The van der Waals surface area contributed by atoms with Gasteiger partial charge in [0.25, 0.3) is 0 Å². The average molecular weight is 311 g/mol. The quantitative estimate of drug-likeness (QED) is 0.839. The highest BCUT2D eigenvalue weighted by Gasteiger charge is 2.04. The first-order valence-corrected chi connectivity index (χ1v) is 6.33. The average Bonchev–Trinajstić information content (AvgIpc) is 2.94. The van der Waals surface area contributed by atoms with Crippen molar-refractivity contribution in [2.45, 2.75) is 6.54 Å². The van der Waals surface area contributed by atoms with Crippen LogP contribution in [0.25, 0.3) is 5.69 Å². The van der Waals surface area contributed by atoms with E-state index in [9.17, 15) is 4.79 Å². The number of benzene rings is 1. The molecule has 0 saturated carbocycles. The lowest BCUT2D eigenvalue weighted by atomic mass is 10.3. The van der Waals surface area contributed by atoms with Crippen molar-refractivity contribution in [2.75, 3.05) is 20.7 Å². The minimum absolute atomic E-state index is 0. The Kier molecular flexibility index (Phi) is 6.71. The predicted octanol–water partition coefficient (Wildman–Crippen LogP) is 1.14. The number of carbonyl (C=O) groups excluding carboxylic acids is 1. The van der Waals surface area contributed by atoms with Gasteiger partial charge < -0.3 is 15.4 Å². The van der Waals surface area contributed by atoms with E-state index in [1.165, 1.54) is 0 Å². The smallest absolute Gasteiger partial charge is 0.234 e. The van der Waals surface area contributed by atoms with Gasteiger partial charge >= 0.3 is 0 Å². The lowest BCUT2D eigenvalue weighted by Crippen LogP contribution is -2.31. The number of nitrogens with zero attached hydrogens (tertiary/aromatic N) is 2. The summed E-state index contributed by atoms with van der Waals surface area (Å²) in [5, 5.41) is 9.99. The molecule has 0 aliphatic heterocycles. The lowest BCUT2D eigenvalue weighted by Gasteiger charge is -2.04. The summed E-state index contributed by atoms with van der Waals surface area (Å²) in [5.41, 5.74) is 1.75. The van der Waals surface area contributed by atoms with Crippen molar-refractivity contribution in [3.63, 3.8) is 0 Å². The fourth-order valence-electron chi connectivity index (χ4n) is 1.75. The minimum Gasteiger partial charge on any atom is -0.497 e. The molecule has 1 aromatic heterocycles. The van der Waals surface area contributed by atoms with E-state index < -0.39 is 0 Å². The molecule has 0 aliphatic rings. The van der Waals surface area contributed by atoms with Crippen LogP contribution >= 0.6 is 12.4 Å². The Balaban J connectivity index is 0.00000220. The van der Waals surface area contributed by atoms with Gasteiger partial charge in [-0.1, -0.05) is 0 Å². The van der Waals surface area contributed by atoms with Gasteiger partial charge in [-0.25, -0.2) is 4.68 Å². The second-order valence-corrected chi connectivity index (χ2v) is 4.26. The van der Waals surface area contributed by atoms with Crippen molar-refractivity contribution in [2.24, 2.45) is 0 Å². The molecular weight excluding hydrogens is 292 g/mol. The Hall–Kier alpha value is -2.05. The molecule has 2 rings (SSSR count). The summed E-state index contributed by atoms with van der Waals surface area (Å²) in [6.45, 7) is 0.725. The van der Waals surface area contributed by atoms with Crippen molar-refractivity contribution >= 4 is 18.3 Å².